The van der Waals surface area contributed by atoms with Gasteiger partial charge in [-0.15, -0.1) is 12.4 Å². The van der Waals surface area contributed by atoms with E-state index in [1.807, 2.05) is 14.0 Å². The molecule has 0 saturated heterocycles. The van der Waals surface area contributed by atoms with Gasteiger partial charge >= 0.3 is 0 Å². The SMILES string of the molecule is CNC(C)CNC(=O)COc1cc(Cl)c(Cl)cc1Cl.Cl. The van der Waals surface area contributed by atoms with Crippen molar-refractivity contribution < 1.29 is 9.53 Å². The lowest BCUT2D eigenvalue weighted by atomic mass is 10.3. The van der Waals surface area contributed by atoms with E-state index in [0.717, 1.165) is 0 Å². The first-order valence-corrected chi connectivity index (χ1v) is 6.78. The summed E-state index contributed by atoms with van der Waals surface area (Å²) < 4.78 is 5.29. The van der Waals surface area contributed by atoms with Gasteiger partial charge in [-0.3, -0.25) is 4.79 Å². The number of hydrogen-bond donors (Lipinski definition) is 2. The van der Waals surface area contributed by atoms with Crippen molar-refractivity contribution in [1.82, 2.24) is 10.6 Å². The third kappa shape index (κ3) is 6.37. The van der Waals surface area contributed by atoms with Crippen LogP contribution in [0.5, 0.6) is 5.75 Å². The summed E-state index contributed by atoms with van der Waals surface area (Å²) in [4.78, 5) is 11.5. The molecule has 0 saturated carbocycles. The van der Waals surface area contributed by atoms with Crippen LogP contribution in [-0.2, 0) is 4.79 Å². The van der Waals surface area contributed by atoms with E-state index in [1.54, 1.807) is 0 Å². The molecule has 1 unspecified atom stereocenters. The van der Waals surface area contributed by atoms with Gasteiger partial charge in [0.25, 0.3) is 5.91 Å². The van der Waals surface area contributed by atoms with Gasteiger partial charge < -0.3 is 15.4 Å². The number of carbonyl (C=O) groups excluding carboxylic acids is 1. The summed E-state index contributed by atoms with van der Waals surface area (Å²) >= 11 is 17.6. The van der Waals surface area contributed by atoms with Gasteiger partial charge in [-0.1, -0.05) is 34.8 Å². The predicted molar refractivity (Wildman–Crippen MR) is 85.7 cm³/mol. The van der Waals surface area contributed by atoms with Crippen LogP contribution in [0.15, 0.2) is 12.1 Å². The van der Waals surface area contributed by atoms with Crippen molar-refractivity contribution in [2.45, 2.75) is 13.0 Å². The Morgan fingerprint density at radius 3 is 2.45 bits per heavy atom. The molecule has 1 aromatic rings. The molecule has 0 aliphatic rings. The molecule has 1 rings (SSSR count). The summed E-state index contributed by atoms with van der Waals surface area (Å²) in [5, 5.41) is 6.70. The smallest absolute Gasteiger partial charge is 0.257 e. The van der Waals surface area contributed by atoms with Crippen molar-refractivity contribution in [2.24, 2.45) is 0 Å². The molecule has 1 atom stereocenters. The third-order valence-corrected chi connectivity index (χ3v) is 3.45. The number of benzene rings is 1. The van der Waals surface area contributed by atoms with E-state index >= 15 is 0 Å². The molecule has 0 aliphatic heterocycles. The standard InChI is InChI=1S/C12H15Cl3N2O2.ClH/c1-7(16-2)5-17-12(18)6-19-11-4-9(14)8(13)3-10(11)15;/h3-4,7,16H,5-6H2,1-2H3,(H,17,18);1H. The van der Waals surface area contributed by atoms with Crippen LogP contribution in [-0.4, -0.2) is 32.1 Å². The second kappa shape index (κ2) is 9.53. The minimum Gasteiger partial charge on any atom is -0.482 e. The van der Waals surface area contributed by atoms with Gasteiger partial charge in [0.1, 0.15) is 5.75 Å². The fourth-order valence-corrected chi connectivity index (χ4v) is 1.77. The van der Waals surface area contributed by atoms with Crippen LogP contribution in [0.1, 0.15) is 6.92 Å². The van der Waals surface area contributed by atoms with Gasteiger partial charge in [-0.2, -0.15) is 0 Å². The monoisotopic (exact) mass is 360 g/mol. The lowest BCUT2D eigenvalue weighted by Gasteiger charge is -2.12. The summed E-state index contributed by atoms with van der Waals surface area (Å²) in [6, 6.07) is 3.15. The van der Waals surface area contributed by atoms with Crippen molar-refractivity contribution in [1.29, 1.82) is 0 Å². The normalized spacial score (nSPS) is 11.4. The average molecular weight is 362 g/mol. The highest BCUT2D eigenvalue weighted by molar-refractivity contribution is 6.43. The lowest BCUT2D eigenvalue weighted by Crippen LogP contribution is -2.39. The fourth-order valence-electron chi connectivity index (χ4n) is 1.18. The maximum absolute atomic E-state index is 11.5. The van der Waals surface area contributed by atoms with E-state index in [-0.39, 0.29) is 31.0 Å². The molecule has 0 fully saturated rings. The van der Waals surface area contributed by atoms with Crippen molar-refractivity contribution in [2.75, 3.05) is 20.2 Å². The summed E-state index contributed by atoms with van der Waals surface area (Å²) in [5.74, 6) is 0.0946. The number of carbonyl (C=O) groups is 1. The molecule has 0 heterocycles. The van der Waals surface area contributed by atoms with Crippen LogP contribution in [0.2, 0.25) is 15.1 Å². The molecule has 114 valence electrons. The summed E-state index contributed by atoms with van der Waals surface area (Å²) in [5.41, 5.74) is 0. The van der Waals surface area contributed by atoms with Crippen LogP contribution in [0.4, 0.5) is 0 Å². The van der Waals surface area contributed by atoms with Gasteiger partial charge in [-0.25, -0.2) is 0 Å². The summed E-state index contributed by atoms with van der Waals surface area (Å²) in [6.07, 6.45) is 0. The Hall–Kier alpha value is -0.390. The Morgan fingerprint density at radius 2 is 1.85 bits per heavy atom. The zero-order valence-electron chi connectivity index (χ0n) is 11.0. The molecule has 2 N–H and O–H groups in total. The number of ether oxygens (including phenoxy) is 1. The number of amides is 1. The Bertz CT molecular complexity index is 457. The van der Waals surface area contributed by atoms with Crippen LogP contribution in [0, 0.1) is 0 Å². The molecule has 1 aromatic carbocycles. The first-order chi connectivity index (χ1) is 8.93. The quantitative estimate of drug-likeness (QED) is 0.765. The highest BCUT2D eigenvalue weighted by atomic mass is 35.5. The molecule has 0 radical (unpaired) electrons. The van der Waals surface area contributed by atoms with E-state index in [1.165, 1.54) is 12.1 Å². The minimum absolute atomic E-state index is 0. The molecule has 0 aromatic heterocycles. The number of likely N-dealkylation sites (N-methyl/N-ethyl adjacent to an activating group) is 1. The Balaban J connectivity index is 0.00000361. The van der Waals surface area contributed by atoms with Crippen LogP contribution < -0.4 is 15.4 Å². The minimum atomic E-state index is -0.232. The van der Waals surface area contributed by atoms with E-state index in [0.29, 0.717) is 27.4 Å². The van der Waals surface area contributed by atoms with Crippen LogP contribution in [0.25, 0.3) is 0 Å². The second-order valence-electron chi connectivity index (χ2n) is 3.98. The molecule has 8 heteroatoms. The molecule has 1 amide bonds. The van der Waals surface area contributed by atoms with Crippen LogP contribution in [0.3, 0.4) is 0 Å². The van der Waals surface area contributed by atoms with Crippen LogP contribution >= 0.6 is 47.2 Å². The summed E-state index contributed by atoms with van der Waals surface area (Å²) in [6.45, 7) is 2.35. The Morgan fingerprint density at radius 1 is 1.25 bits per heavy atom. The molecular weight excluding hydrogens is 346 g/mol. The molecule has 0 bridgehead atoms. The number of nitrogens with one attached hydrogen (secondary N) is 2. The Labute approximate surface area is 139 Å². The zero-order chi connectivity index (χ0) is 14.4. The second-order valence-corrected chi connectivity index (χ2v) is 5.20. The van der Waals surface area contributed by atoms with E-state index in [4.69, 9.17) is 39.5 Å². The first-order valence-electron chi connectivity index (χ1n) is 5.65. The number of rotatable bonds is 6. The average Bonchev–Trinajstić information content (AvgIpc) is 2.38. The highest BCUT2D eigenvalue weighted by Crippen LogP contribution is 2.33. The highest BCUT2D eigenvalue weighted by Gasteiger charge is 2.09. The Kier molecular flexibility index (Phi) is 9.34. The van der Waals surface area contributed by atoms with E-state index < -0.39 is 0 Å². The predicted octanol–water partition coefficient (Wildman–Crippen LogP) is 3.17. The van der Waals surface area contributed by atoms with Gasteiger partial charge in [0.15, 0.2) is 6.61 Å². The fraction of sp³-hybridized carbons (Fsp3) is 0.417. The first kappa shape index (κ1) is 19.6. The topological polar surface area (TPSA) is 50.4 Å². The van der Waals surface area contributed by atoms with Gasteiger partial charge in [-0.05, 0) is 20.0 Å². The molecule has 4 nitrogen and oxygen atoms in total. The molecule has 0 aliphatic carbocycles. The van der Waals surface area contributed by atoms with Gasteiger partial charge in [0.05, 0.1) is 15.1 Å². The number of hydrogen-bond acceptors (Lipinski definition) is 3. The molecular formula is C12H16Cl4N2O2. The largest absolute Gasteiger partial charge is 0.482 e. The van der Waals surface area contributed by atoms with Crippen molar-refractivity contribution in [3.05, 3.63) is 27.2 Å². The van der Waals surface area contributed by atoms with Gasteiger partial charge in [0.2, 0.25) is 0 Å². The molecule has 0 spiro atoms. The lowest BCUT2D eigenvalue weighted by molar-refractivity contribution is -0.123. The van der Waals surface area contributed by atoms with Crippen molar-refractivity contribution in [3.8, 4) is 5.75 Å². The number of halogens is 4. The summed E-state index contributed by atoms with van der Waals surface area (Å²) in [7, 11) is 1.82. The maximum atomic E-state index is 11.5. The van der Waals surface area contributed by atoms with Crippen molar-refractivity contribution in [3.63, 3.8) is 0 Å². The van der Waals surface area contributed by atoms with Crippen molar-refractivity contribution >= 4 is 53.1 Å². The van der Waals surface area contributed by atoms with E-state index in [2.05, 4.69) is 10.6 Å². The van der Waals surface area contributed by atoms with Gasteiger partial charge in [0, 0.05) is 18.7 Å². The zero-order valence-corrected chi connectivity index (χ0v) is 14.1. The third-order valence-electron chi connectivity index (χ3n) is 2.43. The maximum Gasteiger partial charge on any atom is 0.257 e. The molecule has 20 heavy (non-hydrogen) atoms. The van der Waals surface area contributed by atoms with E-state index in [9.17, 15) is 4.79 Å².